The largest absolute Gasteiger partial charge is 0.433 e. The van der Waals surface area contributed by atoms with Gasteiger partial charge in [-0.05, 0) is 62.4 Å². The first-order chi connectivity index (χ1) is 19.6. The number of benzene rings is 2. The number of hydrogen-bond acceptors (Lipinski definition) is 7. The smallest absolute Gasteiger partial charge is 0.416 e. The second kappa shape index (κ2) is 12.6. The van der Waals surface area contributed by atoms with Crippen LogP contribution in [0.25, 0.3) is 22.9 Å². The molecule has 0 aliphatic rings. The minimum absolute atomic E-state index is 0.0285. The molecule has 2 aromatic heterocycles. The highest BCUT2D eigenvalue weighted by Gasteiger charge is 2.31. The van der Waals surface area contributed by atoms with Crippen LogP contribution in [-0.2, 0) is 17.2 Å². The molecule has 0 atom stereocenters. The highest BCUT2D eigenvalue weighted by atomic mass is 19.4. The van der Waals surface area contributed by atoms with Crippen molar-refractivity contribution >= 4 is 11.7 Å². The van der Waals surface area contributed by atoms with Gasteiger partial charge < -0.3 is 8.83 Å². The van der Waals surface area contributed by atoms with Crippen molar-refractivity contribution in [3.63, 3.8) is 0 Å². The van der Waals surface area contributed by atoms with Gasteiger partial charge in [-0.3, -0.25) is 14.4 Å². The molecule has 42 heavy (non-hydrogen) atoms. The van der Waals surface area contributed by atoms with E-state index in [4.69, 9.17) is 13.7 Å². The van der Waals surface area contributed by atoms with E-state index < -0.39 is 29.4 Å². The van der Waals surface area contributed by atoms with Gasteiger partial charge in [0.2, 0.25) is 17.5 Å². The van der Waals surface area contributed by atoms with Crippen LogP contribution in [0.1, 0.15) is 57.0 Å². The Morgan fingerprint density at radius 3 is 1.50 bits per heavy atom. The first-order valence-corrected chi connectivity index (χ1v) is 12.2. The minimum Gasteiger partial charge on any atom is -0.433 e. The number of carbonyl (C=O) groups is 2. The Balaban J connectivity index is 0.000000231. The number of rotatable bonds is 6. The molecule has 14 heteroatoms. The zero-order chi connectivity index (χ0) is 31.4. The molecule has 4 aromatic rings. The third-order valence-electron chi connectivity index (χ3n) is 5.84. The standard InChI is InChI=1S/C14H13F3N2O3.C14H12F3NO2/c1-8-11(13(20)19(2)21-3)22-12(18-8)9-4-6-10(7-5-9)14(15,16)17;1-3-11(19)12-8(2)18-13(20-12)9-4-6-10(7-5-9)14(15,16)17/h4-7H,1-3H3;4-7H,3H2,1-2H3. The molecular formula is C28H25F6N3O5. The van der Waals surface area contributed by atoms with Gasteiger partial charge in [0, 0.05) is 24.6 Å². The summed E-state index contributed by atoms with van der Waals surface area (Å²) in [6.45, 7) is 4.88. The van der Waals surface area contributed by atoms with Crippen LogP contribution >= 0.6 is 0 Å². The van der Waals surface area contributed by atoms with Gasteiger partial charge in [-0.25, -0.2) is 15.0 Å². The number of hydrogen-bond donors (Lipinski definition) is 0. The number of hydroxylamine groups is 2. The lowest BCUT2D eigenvalue weighted by molar-refractivity contribution is -0.138. The van der Waals surface area contributed by atoms with Crippen LogP contribution in [0, 0.1) is 13.8 Å². The van der Waals surface area contributed by atoms with Crippen LogP contribution in [0.5, 0.6) is 0 Å². The van der Waals surface area contributed by atoms with Gasteiger partial charge in [-0.15, -0.1) is 0 Å². The lowest BCUT2D eigenvalue weighted by Gasteiger charge is -2.11. The molecule has 2 aromatic carbocycles. The molecule has 2 heterocycles. The molecule has 0 aliphatic heterocycles. The van der Waals surface area contributed by atoms with E-state index in [1.807, 2.05) is 0 Å². The van der Waals surface area contributed by atoms with Gasteiger partial charge in [0.15, 0.2) is 11.5 Å². The third kappa shape index (κ3) is 7.43. The Kier molecular flexibility index (Phi) is 9.61. The highest BCUT2D eigenvalue weighted by molar-refractivity contribution is 5.94. The maximum Gasteiger partial charge on any atom is 0.416 e. The van der Waals surface area contributed by atoms with Crippen molar-refractivity contribution in [1.29, 1.82) is 0 Å². The first-order valence-electron chi connectivity index (χ1n) is 12.2. The molecule has 8 nitrogen and oxygen atoms in total. The summed E-state index contributed by atoms with van der Waals surface area (Å²) < 4.78 is 85.6. The van der Waals surface area contributed by atoms with E-state index in [0.29, 0.717) is 22.5 Å². The summed E-state index contributed by atoms with van der Waals surface area (Å²) >= 11 is 0. The summed E-state index contributed by atoms with van der Waals surface area (Å²) in [6, 6.07) is 8.79. The van der Waals surface area contributed by atoms with Gasteiger partial charge in [0.25, 0.3) is 0 Å². The Hall–Kier alpha value is -4.46. The second-order valence-electron chi connectivity index (χ2n) is 8.78. The summed E-state index contributed by atoms with van der Waals surface area (Å²) in [5.74, 6) is -0.382. The van der Waals surface area contributed by atoms with Crippen molar-refractivity contribution in [2.75, 3.05) is 14.2 Å². The van der Waals surface area contributed by atoms with Gasteiger partial charge in [0.05, 0.1) is 29.6 Å². The van der Waals surface area contributed by atoms with Gasteiger partial charge in [-0.1, -0.05) is 6.92 Å². The number of aryl methyl sites for hydroxylation is 2. The number of amides is 1. The molecule has 0 radical (unpaired) electrons. The number of alkyl halides is 6. The lowest BCUT2D eigenvalue weighted by Crippen LogP contribution is -2.25. The molecule has 0 spiro atoms. The zero-order valence-electron chi connectivity index (χ0n) is 23.0. The number of ketones is 1. The monoisotopic (exact) mass is 597 g/mol. The van der Waals surface area contributed by atoms with Gasteiger partial charge in [-0.2, -0.15) is 26.3 Å². The molecule has 0 saturated heterocycles. The first kappa shape index (κ1) is 32.1. The Bertz CT molecular complexity index is 1540. The molecular weight excluding hydrogens is 572 g/mol. The van der Waals surface area contributed by atoms with Crippen molar-refractivity contribution in [3.05, 3.63) is 82.6 Å². The molecule has 0 fully saturated rings. The fourth-order valence-electron chi connectivity index (χ4n) is 3.49. The quantitative estimate of drug-likeness (QED) is 0.128. The summed E-state index contributed by atoms with van der Waals surface area (Å²) in [5.41, 5.74) is -0.00801. The van der Waals surface area contributed by atoms with Crippen molar-refractivity contribution in [3.8, 4) is 22.9 Å². The predicted octanol–water partition coefficient (Wildman–Crippen LogP) is 7.56. The zero-order valence-corrected chi connectivity index (χ0v) is 23.0. The number of Topliss-reactive ketones (excluding diaryl/α,β-unsaturated/α-hetero) is 1. The highest BCUT2D eigenvalue weighted by Crippen LogP contribution is 2.32. The van der Waals surface area contributed by atoms with Crippen molar-refractivity contribution < 1.29 is 49.6 Å². The maximum atomic E-state index is 12.5. The number of carbonyl (C=O) groups excluding carboxylic acids is 2. The van der Waals surface area contributed by atoms with E-state index in [0.717, 1.165) is 29.3 Å². The van der Waals surface area contributed by atoms with Crippen LogP contribution < -0.4 is 0 Å². The molecule has 0 unspecified atom stereocenters. The van der Waals surface area contributed by atoms with Crippen LogP contribution in [0.15, 0.2) is 57.4 Å². The Morgan fingerprint density at radius 2 is 1.14 bits per heavy atom. The summed E-state index contributed by atoms with van der Waals surface area (Å²) in [5, 5.41) is 0.962. The van der Waals surface area contributed by atoms with Gasteiger partial charge >= 0.3 is 18.3 Å². The second-order valence-corrected chi connectivity index (χ2v) is 8.78. The molecule has 0 aliphatic carbocycles. The Labute approximate surface area is 235 Å². The van der Waals surface area contributed by atoms with Crippen LogP contribution in [-0.4, -0.2) is 40.9 Å². The summed E-state index contributed by atoms with van der Waals surface area (Å²) in [6.07, 6.45) is -8.51. The van der Waals surface area contributed by atoms with E-state index in [1.54, 1.807) is 20.8 Å². The fourth-order valence-corrected chi connectivity index (χ4v) is 3.49. The van der Waals surface area contributed by atoms with Gasteiger partial charge in [0.1, 0.15) is 0 Å². The fraction of sp³-hybridized carbons (Fsp3) is 0.286. The van der Waals surface area contributed by atoms with Crippen LogP contribution in [0.3, 0.4) is 0 Å². The van der Waals surface area contributed by atoms with E-state index >= 15 is 0 Å². The van der Waals surface area contributed by atoms with Crippen LogP contribution in [0.2, 0.25) is 0 Å². The molecule has 1 amide bonds. The summed E-state index contributed by atoms with van der Waals surface area (Å²) in [4.78, 5) is 36.4. The lowest BCUT2D eigenvalue weighted by atomic mass is 10.1. The number of nitrogens with zero attached hydrogens (tertiary/aromatic N) is 3. The average molecular weight is 598 g/mol. The molecule has 4 rings (SSSR count). The van der Waals surface area contributed by atoms with Crippen molar-refractivity contribution in [1.82, 2.24) is 15.0 Å². The normalized spacial score (nSPS) is 11.6. The van der Waals surface area contributed by atoms with Crippen molar-refractivity contribution in [2.45, 2.75) is 39.5 Å². The van der Waals surface area contributed by atoms with E-state index in [2.05, 4.69) is 9.97 Å². The van der Waals surface area contributed by atoms with Crippen molar-refractivity contribution in [2.24, 2.45) is 0 Å². The third-order valence-corrected chi connectivity index (χ3v) is 5.84. The number of halogens is 6. The molecule has 0 bridgehead atoms. The maximum absolute atomic E-state index is 12.5. The molecule has 0 saturated carbocycles. The predicted molar refractivity (Wildman–Crippen MR) is 137 cm³/mol. The molecule has 224 valence electrons. The minimum atomic E-state index is -4.41. The number of oxazole rings is 2. The average Bonchev–Trinajstić information content (AvgIpc) is 3.54. The number of aromatic nitrogens is 2. The Morgan fingerprint density at radius 1 is 0.762 bits per heavy atom. The SMILES string of the molecule is CCC(=O)c1oc(-c2ccc(C(F)(F)F)cc2)nc1C.CON(C)C(=O)c1oc(-c2ccc(C(F)(F)F)cc2)nc1C. The topological polar surface area (TPSA) is 98.7 Å². The summed E-state index contributed by atoms with van der Waals surface area (Å²) in [7, 11) is 2.72. The van der Waals surface area contributed by atoms with Crippen LogP contribution in [0.4, 0.5) is 26.3 Å². The van der Waals surface area contributed by atoms with E-state index in [-0.39, 0.29) is 35.5 Å². The molecule has 0 N–H and O–H groups in total. The van der Waals surface area contributed by atoms with E-state index in [1.165, 1.54) is 38.4 Å². The van der Waals surface area contributed by atoms with E-state index in [9.17, 15) is 35.9 Å².